The number of hydrogen-bond donors (Lipinski definition) is 2. The highest BCUT2D eigenvalue weighted by Gasteiger charge is 2.08. The average molecular weight is 423 g/mol. The SMILES string of the molecule is CN(C)C(=O)c1ccc(NC(=O)CNc2ccc(I)cc2)cc1. The lowest BCUT2D eigenvalue weighted by atomic mass is 10.2. The predicted octanol–water partition coefficient (Wildman–Crippen LogP) is 3.04. The highest BCUT2D eigenvalue weighted by molar-refractivity contribution is 14.1. The van der Waals surface area contributed by atoms with E-state index >= 15 is 0 Å². The van der Waals surface area contributed by atoms with Gasteiger partial charge in [-0.05, 0) is 71.1 Å². The first-order valence-electron chi connectivity index (χ1n) is 7.07. The Hall–Kier alpha value is -2.09. The maximum Gasteiger partial charge on any atom is 0.253 e. The van der Waals surface area contributed by atoms with Crippen LogP contribution in [0.4, 0.5) is 11.4 Å². The molecule has 2 rings (SSSR count). The summed E-state index contributed by atoms with van der Waals surface area (Å²) in [5.74, 6) is -0.210. The van der Waals surface area contributed by atoms with Crippen molar-refractivity contribution in [3.05, 3.63) is 57.7 Å². The Labute approximate surface area is 149 Å². The second kappa shape index (κ2) is 7.96. The summed E-state index contributed by atoms with van der Waals surface area (Å²) in [6, 6.07) is 14.6. The Morgan fingerprint density at radius 3 is 2.09 bits per heavy atom. The number of hydrogen-bond acceptors (Lipinski definition) is 3. The van der Waals surface area contributed by atoms with E-state index in [0.717, 1.165) is 9.26 Å². The minimum Gasteiger partial charge on any atom is -0.376 e. The number of carbonyl (C=O) groups excluding carboxylic acids is 2. The molecule has 0 bridgehead atoms. The van der Waals surface area contributed by atoms with Crippen LogP contribution in [0.5, 0.6) is 0 Å². The van der Waals surface area contributed by atoms with Gasteiger partial charge in [-0.2, -0.15) is 0 Å². The molecule has 2 aromatic carbocycles. The van der Waals surface area contributed by atoms with Gasteiger partial charge in [-0.15, -0.1) is 0 Å². The van der Waals surface area contributed by atoms with Crippen molar-refractivity contribution in [2.24, 2.45) is 0 Å². The molecule has 0 spiro atoms. The number of anilines is 2. The third-order valence-electron chi connectivity index (χ3n) is 3.12. The first-order valence-corrected chi connectivity index (χ1v) is 8.14. The van der Waals surface area contributed by atoms with E-state index in [4.69, 9.17) is 0 Å². The van der Waals surface area contributed by atoms with Crippen molar-refractivity contribution in [2.75, 3.05) is 31.3 Å². The summed E-state index contributed by atoms with van der Waals surface area (Å²) in [7, 11) is 3.41. The number of amides is 2. The van der Waals surface area contributed by atoms with Gasteiger partial charge in [0.05, 0.1) is 6.54 Å². The van der Waals surface area contributed by atoms with Gasteiger partial charge in [-0.1, -0.05) is 0 Å². The molecule has 0 atom stereocenters. The molecule has 5 nitrogen and oxygen atoms in total. The number of nitrogens with one attached hydrogen (secondary N) is 2. The van der Waals surface area contributed by atoms with Crippen molar-refractivity contribution in [2.45, 2.75) is 0 Å². The maximum absolute atomic E-state index is 11.9. The smallest absolute Gasteiger partial charge is 0.253 e. The van der Waals surface area contributed by atoms with Gasteiger partial charge in [0.25, 0.3) is 5.91 Å². The van der Waals surface area contributed by atoms with Crippen LogP contribution in [-0.2, 0) is 4.79 Å². The van der Waals surface area contributed by atoms with E-state index < -0.39 is 0 Å². The standard InChI is InChI=1S/C17H18IN3O2/c1-21(2)17(23)12-3-7-15(8-4-12)20-16(22)11-19-14-9-5-13(18)6-10-14/h3-10,19H,11H2,1-2H3,(H,20,22). The van der Waals surface area contributed by atoms with Gasteiger partial charge in [0.1, 0.15) is 0 Å². The number of rotatable bonds is 5. The van der Waals surface area contributed by atoms with E-state index in [0.29, 0.717) is 11.3 Å². The van der Waals surface area contributed by atoms with E-state index in [1.807, 2.05) is 24.3 Å². The molecule has 2 N–H and O–H groups in total. The van der Waals surface area contributed by atoms with Gasteiger partial charge >= 0.3 is 0 Å². The summed E-state index contributed by atoms with van der Waals surface area (Å²) in [4.78, 5) is 25.2. The van der Waals surface area contributed by atoms with Gasteiger partial charge in [0, 0.05) is 34.6 Å². The second-order valence-electron chi connectivity index (χ2n) is 5.19. The summed E-state index contributed by atoms with van der Waals surface area (Å²) in [6.07, 6.45) is 0. The fourth-order valence-electron chi connectivity index (χ4n) is 1.91. The minimum atomic E-state index is -0.143. The normalized spacial score (nSPS) is 10.0. The van der Waals surface area contributed by atoms with Gasteiger partial charge in [0.2, 0.25) is 5.91 Å². The van der Waals surface area contributed by atoms with Gasteiger partial charge < -0.3 is 15.5 Å². The molecule has 2 amide bonds. The van der Waals surface area contributed by atoms with E-state index in [2.05, 4.69) is 33.2 Å². The van der Waals surface area contributed by atoms with Crippen molar-refractivity contribution in [3.8, 4) is 0 Å². The highest BCUT2D eigenvalue weighted by atomic mass is 127. The number of carbonyl (C=O) groups is 2. The number of halogens is 1. The van der Waals surface area contributed by atoms with E-state index in [9.17, 15) is 9.59 Å². The molecular weight excluding hydrogens is 405 g/mol. The Morgan fingerprint density at radius 2 is 1.52 bits per heavy atom. The molecule has 23 heavy (non-hydrogen) atoms. The molecule has 6 heteroatoms. The van der Waals surface area contributed by atoms with Crippen LogP contribution in [0.1, 0.15) is 10.4 Å². The van der Waals surface area contributed by atoms with E-state index in [1.54, 1.807) is 38.4 Å². The number of benzene rings is 2. The van der Waals surface area contributed by atoms with E-state index in [1.165, 1.54) is 4.90 Å². The van der Waals surface area contributed by atoms with Crippen LogP contribution < -0.4 is 10.6 Å². The summed E-state index contributed by atoms with van der Waals surface area (Å²) in [6.45, 7) is 0.180. The summed E-state index contributed by atoms with van der Waals surface area (Å²) in [5.41, 5.74) is 2.15. The van der Waals surface area contributed by atoms with Crippen LogP contribution in [0.15, 0.2) is 48.5 Å². The lowest BCUT2D eigenvalue weighted by Crippen LogP contribution is -2.22. The topological polar surface area (TPSA) is 61.4 Å². The molecule has 120 valence electrons. The Morgan fingerprint density at radius 1 is 0.957 bits per heavy atom. The second-order valence-corrected chi connectivity index (χ2v) is 6.43. The molecule has 0 aliphatic rings. The van der Waals surface area contributed by atoms with Crippen LogP contribution in [0.2, 0.25) is 0 Å². The van der Waals surface area contributed by atoms with Crippen LogP contribution in [0.25, 0.3) is 0 Å². The third kappa shape index (κ3) is 5.24. The quantitative estimate of drug-likeness (QED) is 0.727. The lowest BCUT2D eigenvalue weighted by Gasteiger charge is -2.11. The van der Waals surface area contributed by atoms with E-state index in [-0.39, 0.29) is 18.4 Å². The molecule has 0 radical (unpaired) electrons. The van der Waals surface area contributed by atoms with Crippen molar-refractivity contribution in [1.29, 1.82) is 0 Å². The Kier molecular flexibility index (Phi) is 5.97. The molecule has 2 aromatic rings. The lowest BCUT2D eigenvalue weighted by molar-refractivity contribution is -0.114. The summed E-state index contributed by atoms with van der Waals surface area (Å²) < 4.78 is 1.14. The molecule has 0 aliphatic carbocycles. The molecule has 0 aliphatic heterocycles. The van der Waals surface area contributed by atoms with Gasteiger partial charge in [0.15, 0.2) is 0 Å². The highest BCUT2D eigenvalue weighted by Crippen LogP contribution is 2.12. The predicted molar refractivity (Wildman–Crippen MR) is 101 cm³/mol. The average Bonchev–Trinajstić information content (AvgIpc) is 2.54. The zero-order valence-corrected chi connectivity index (χ0v) is 15.1. The largest absolute Gasteiger partial charge is 0.376 e. The van der Waals surface area contributed by atoms with Crippen molar-refractivity contribution >= 4 is 45.8 Å². The fourth-order valence-corrected chi connectivity index (χ4v) is 2.27. The third-order valence-corrected chi connectivity index (χ3v) is 3.84. The molecule has 0 unspecified atom stereocenters. The van der Waals surface area contributed by atoms with Crippen molar-refractivity contribution in [1.82, 2.24) is 4.90 Å². The van der Waals surface area contributed by atoms with Crippen LogP contribution in [-0.4, -0.2) is 37.4 Å². The van der Waals surface area contributed by atoms with Crippen LogP contribution in [0.3, 0.4) is 0 Å². The molecule has 0 saturated carbocycles. The zero-order chi connectivity index (χ0) is 16.8. The summed E-state index contributed by atoms with van der Waals surface area (Å²) in [5, 5.41) is 5.85. The zero-order valence-electron chi connectivity index (χ0n) is 13.0. The molecule has 0 aromatic heterocycles. The maximum atomic E-state index is 11.9. The molecular formula is C17H18IN3O2. The number of nitrogens with zero attached hydrogens (tertiary/aromatic N) is 1. The Balaban J connectivity index is 1.87. The molecule has 0 heterocycles. The first kappa shape index (κ1) is 17.3. The molecule has 0 saturated heterocycles. The fraction of sp³-hybridized carbons (Fsp3) is 0.176. The van der Waals surface area contributed by atoms with Gasteiger partial charge in [-0.25, -0.2) is 0 Å². The monoisotopic (exact) mass is 423 g/mol. The van der Waals surface area contributed by atoms with Crippen LogP contribution in [0, 0.1) is 3.57 Å². The van der Waals surface area contributed by atoms with Crippen LogP contribution >= 0.6 is 22.6 Å². The Bertz CT molecular complexity index is 682. The first-order chi connectivity index (χ1) is 11.0. The van der Waals surface area contributed by atoms with Crippen molar-refractivity contribution in [3.63, 3.8) is 0 Å². The minimum absolute atomic E-state index is 0.0664. The molecule has 0 fully saturated rings. The summed E-state index contributed by atoms with van der Waals surface area (Å²) >= 11 is 2.23. The van der Waals surface area contributed by atoms with Crippen molar-refractivity contribution < 1.29 is 9.59 Å². The van der Waals surface area contributed by atoms with Gasteiger partial charge in [-0.3, -0.25) is 9.59 Å².